The molecule has 21 heavy (non-hydrogen) atoms. The molecule has 1 amide bonds. The van der Waals surface area contributed by atoms with Crippen LogP contribution in [-0.2, 0) is 11.2 Å². The van der Waals surface area contributed by atoms with Gasteiger partial charge in [-0.1, -0.05) is 42.4 Å². The lowest BCUT2D eigenvalue weighted by Gasteiger charge is -2.12. The SMILES string of the molecule is CCc1nc(SCC(N)=O)nc(N)c1-c1ccc(Cl)cc1. The number of aromatic nitrogens is 2. The van der Waals surface area contributed by atoms with Crippen LogP contribution in [0, 0.1) is 0 Å². The summed E-state index contributed by atoms with van der Waals surface area (Å²) in [5.74, 6) is 0.0984. The van der Waals surface area contributed by atoms with Crippen molar-refractivity contribution in [2.75, 3.05) is 11.5 Å². The Morgan fingerprint density at radius 1 is 1.29 bits per heavy atom. The number of nitrogen functional groups attached to an aromatic ring is 1. The van der Waals surface area contributed by atoms with Gasteiger partial charge >= 0.3 is 0 Å². The molecule has 0 fully saturated rings. The van der Waals surface area contributed by atoms with Crippen LogP contribution in [-0.4, -0.2) is 21.6 Å². The van der Waals surface area contributed by atoms with Gasteiger partial charge in [-0.15, -0.1) is 0 Å². The summed E-state index contributed by atoms with van der Waals surface area (Å²) in [6.07, 6.45) is 0.703. The van der Waals surface area contributed by atoms with E-state index in [1.807, 2.05) is 19.1 Å². The summed E-state index contributed by atoms with van der Waals surface area (Å²) in [6, 6.07) is 7.36. The van der Waals surface area contributed by atoms with Crippen molar-refractivity contribution in [1.82, 2.24) is 9.97 Å². The first-order chi connectivity index (χ1) is 10.0. The van der Waals surface area contributed by atoms with Crippen LogP contribution in [0.15, 0.2) is 29.4 Å². The second-order valence-electron chi connectivity index (χ2n) is 4.33. The van der Waals surface area contributed by atoms with E-state index >= 15 is 0 Å². The predicted octanol–water partition coefficient (Wildman–Crippen LogP) is 2.52. The predicted molar refractivity (Wildman–Crippen MR) is 86.2 cm³/mol. The molecule has 2 aromatic rings. The maximum Gasteiger partial charge on any atom is 0.227 e. The molecule has 0 aliphatic carbocycles. The third-order valence-electron chi connectivity index (χ3n) is 2.80. The van der Waals surface area contributed by atoms with Crippen molar-refractivity contribution >= 4 is 35.1 Å². The van der Waals surface area contributed by atoms with Crippen LogP contribution in [0.4, 0.5) is 5.82 Å². The number of primary amides is 1. The minimum absolute atomic E-state index is 0.128. The van der Waals surface area contributed by atoms with Gasteiger partial charge in [0.05, 0.1) is 11.4 Å². The number of benzene rings is 1. The number of hydrogen-bond donors (Lipinski definition) is 2. The number of thioether (sulfide) groups is 1. The van der Waals surface area contributed by atoms with Crippen molar-refractivity contribution in [3.63, 3.8) is 0 Å². The topological polar surface area (TPSA) is 94.9 Å². The van der Waals surface area contributed by atoms with Crippen molar-refractivity contribution in [3.8, 4) is 11.1 Å². The second-order valence-corrected chi connectivity index (χ2v) is 5.71. The number of carbonyl (C=O) groups excluding carboxylic acids is 1. The summed E-state index contributed by atoms with van der Waals surface area (Å²) in [5.41, 5.74) is 13.7. The van der Waals surface area contributed by atoms with Gasteiger partial charge in [-0.3, -0.25) is 4.79 Å². The molecule has 0 bridgehead atoms. The first-order valence-electron chi connectivity index (χ1n) is 6.34. The zero-order chi connectivity index (χ0) is 15.4. The monoisotopic (exact) mass is 322 g/mol. The van der Waals surface area contributed by atoms with Crippen molar-refractivity contribution in [2.45, 2.75) is 18.5 Å². The highest BCUT2D eigenvalue weighted by Gasteiger charge is 2.14. The van der Waals surface area contributed by atoms with Crippen LogP contribution in [0.2, 0.25) is 5.02 Å². The Kier molecular flexibility index (Phi) is 5.03. The Morgan fingerprint density at radius 3 is 2.52 bits per heavy atom. The van der Waals surface area contributed by atoms with Gasteiger partial charge in [-0.2, -0.15) is 0 Å². The number of hydrogen-bond acceptors (Lipinski definition) is 5. The molecule has 2 rings (SSSR count). The summed E-state index contributed by atoms with van der Waals surface area (Å²) in [7, 11) is 0. The van der Waals surface area contributed by atoms with Gasteiger partial charge in [-0.05, 0) is 24.1 Å². The summed E-state index contributed by atoms with van der Waals surface area (Å²) in [4.78, 5) is 19.5. The minimum Gasteiger partial charge on any atom is -0.383 e. The average Bonchev–Trinajstić information content (AvgIpc) is 2.45. The van der Waals surface area contributed by atoms with Crippen molar-refractivity contribution in [2.24, 2.45) is 5.73 Å². The second kappa shape index (κ2) is 6.78. The molecule has 0 saturated heterocycles. The van der Waals surface area contributed by atoms with Crippen LogP contribution < -0.4 is 11.5 Å². The van der Waals surface area contributed by atoms with Gasteiger partial charge in [0.25, 0.3) is 0 Å². The van der Waals surface area contributed by atoms with Crippen LogP contribution in [0.1, 0.15) is 12.6 Å². The Morgan fingerprint density at radius 2 is 1.95 bits per heavy atom. The number of carbonyl (C=O) groups is 1. The number of anilines is 1. The molecule has 0 atom stereocenters. The molecule has 0 spiro atoms. The van der Waals surface area contributed by atoms with Gasteiger partial charge in [-0.25, -0.2) is 9.97 Å². The molecule has 1 aromatic heterocycles. The Labute approximate surface area is 132 Å². The highest BCUT2D eigenvalue weighted by Crippen LogP contribution is 2.30. The molecule has 0 saturated carbocycles. The molecule has 0 unspecified atom stereocenters. The number of aryl methyl sites for hydroxylation is 1. The Hall–Kier alpha value is -1.79. The van der Waals surface area contributed by atoms with Crippen molar-refractivity contribution in [3.05, 3.63) is 35.0 Å². The number of nitrogens with zero attached hydrogens (tertiary/aromatic N) is 2. The van der Waals surface area contributed by atoms with E-state index in [2.05, 4.69) is 9.97 Å². The van der Waals surface area contributed by atoms with E-state index in [0.717, 1.165) is 16.8 Å². The highest BCUT2D eigenvalue weighted by molar-refractivity contribution is 7.99. The molecule has 5 nitrogen and oxygen atoms in total. The number of nitrogens with two attached hydrogens (primary N) is 2. The zero-order valence-electron chi connectivity index (χ0n) is 11.5. The highest BCUT2D eigenvalue weighted by atomic mass is 35.5. The smallest absolute Gasteiger partial charge is 0.227 e. The fourth-order valence-electron chi connectivity index (χ4n) is 1.89. The number of amides is 1. The Bertz CT molecular complexity index is 661. The first-order valence-corrected chi connectivity index (χ1v) is 7.71. The van der Waals surface area contributed by atoms with Gasteiger partial charge in [0.2, 0.25) is 5.91 Å². The maximum absolute atomic E-state index is 10.8. The third kappa shape index (κ3) is 3.86. The fraction of sp³-hybridized carbons (Fsp3) is 0.214. The van der Waals surface area contributed by atoms with Crippen LogP contribution in [0.25, 0.3) is 11.1 Å². The molecular formula is C14H15ClN4OS. The van der Waals surface area contributed by atoms with Gasteiger partial charge in [0, 0.05) is 10.6 Å². The third-order valence-corrected chi connectivity index (χ3v) is 3.92. The zero-order valence-corrected chi connectivity index (χ0v) is 13.0. The summed E-state index contributed by atoms with van der Waals surface area (Å²) < 4.78 is 0. The van der Waals surface area contributed by atoms with E-state index in [-0.39, 0.29) is 5.75 Å². The summed E-state index contributed by atoms with van der Waals surface area (Å²) in [5, 5.41) is 1.12. The maximum atomic E-state index is 10.8. The van der Waals surface area contributed by atoms with Gasteiger partial charge in [0.15, 0.2) is 5.16 Å². The standard InChI is InChI=1S/C14H15ClN4OS/c1-2-10-12(8-3-5-9(15)6-4-8)13(17)19-14(18-10)21-7-11(16)20/h3-6H,2,7H2,1H3,(H2,16,20)(H2,17,18,19). The average molecular weight is 323 g/mol. The van der Waals surface area contributed by atoms with E-state index in [9.17, 15) is 4.79 Å². The van der Waals surface area contributed by atoms with E-state index < -0.39 is 5.91 Å². The molecule has 0 aliphatic heterocycles. The molecule has 0 radical (unpaired) electrons. The molecule has 7 heteroatoms. The normalized spacial score (nSPS) is 10.6. The van der Waals surface area contributed by atoms with E-state index in [1.165, 1.54) is 11.8 Å². The lowest BCUT2D eigenvalue weighted by Crippen LogP contribution is -2.14. The van der Waals surface area contributed by atoms with Gasteiger partial charge < -0.3 is 11.5 Å². The van der Waals surface area contributed by atoms with Crippen molar-refractivity contribution < 1.29 is 4.79 Å². The number of halogens is 1. The molecule has 110 valence electrons. The molecule has 1 heterocycles. The Balaban J connectivity index is 2.42. The molecule has 1 aromatic carbocycles. The number of rotatable bonds is 5. The van der Waals surface area contributed by atoms with E-state index in [1.54, 1.807) is 12.1 Å². The lowest BCUT2D eigenvalue weighted by molar-refractivity contribution is -0.115. The summed E-state index contributed by atoms with van der Waals surface area (Å²) >= 11 is 7.08. The van der Waals surface area contributed by atoms with E-state index in [4.69, 9.17) is 23.1 Å². The largest absolute Gasteiger partial charge is 0.383 e. The van der Waals surface area contributed by atoms with E-state index in [0.29, 0.717) is 22.4 Å². The minimum atomic E-state index is -0.415. The van der Waals surface area contributed by atoms with Crippen LogP contribution >= 0.6 is 23.4 Å². The quantitative estimate of drug-likeness (QED) is 0.651. The lowest BCUT2D eigenvalue weighted by atomic mass is 10.0. The molecule has 4 N–H and O–H groups in total. The molecular weight excluding hydrogens is 308 g/mol. The van der Waals surface area contributed by atoms with Crippen LogP contribution in [0.5, 0.6) is 0 Å². The van der Waals surface area contributed by atoms with Crippen LogP contribution in [0.3, 0.4) is 0 Å². The van der Waals surface area contributed by atoms with Gasteiger partial charge in [0.1, 0.15) is 5.82 Å². The van der Waals surface area contributed by atoms with Crippen molar-refractivity contribution in [1.29, 1.82) is 0 Å². The molecule has 0 aliphatic rings. The summed E-state index contributed by atoms with van der Waals surface area (Å²) in [6.45, 7) is 1.99. The fourth-order valence-corrected chi connectivity index (χ4v) is 2.63. The first kappa shape index (κ1) is 15.6.